The van der Waals surface area contributed by atoms with Gasteiger partial charge in [-0.05, 0) is 24.1 Å². The summed E-state index contributed by atoms with van der Waals surface area (Å²) in [5.74, 6) is -0.583. The molecule has 2 aliphatic rings. The van der Waals surface area contributed by atoms with Crippen LogP contribution in [-0.2, 0) is 15.9 Å². The summed E-state index contributed by atoms with van der Waals surface area (Å²) < 4.78 is 10.8. The van der Waals surface area contributed by atoms with E-state index >= 15 is 0 Å². The van der Waals surface area contributed by atoms with E-state index < -0.39 is 42.7 Å². The highest BCUT2D eigenvalue weighted by Gasteiger charge is 2.75. The van der Waals surface area contributed by atoms with Gasteiger partial charge in [0.15, 0.2) is 6.29 Å². The van der Waals surface area contributed by atoms with Crippen molar-refractivity contribution >= 4 is 0 Å². The summed E-state index contributed by atoms with van der Waals surface area (Å²) in [6.45, 7) is -0.208. The Hall–Kier alpha value is -1.22. The molecule has 1 aliphatic heterocycles. The quantitative estimate of drug-likeness (QED) is 0.461. The maximum Gasteiger partial charge on any atom is 0.184 e. The molecule has 122 valence electrons. The molecule has 0 radical (unpaired) electrons. The molecule has 1 aromatic carbocycles. The molecule has 7 nitrogen and oxygen atoms in total. The van der Waals surface area contributed by atoms with Gasteiger partial charge < -0.3 is 35.0 Å². The fourth-order valence-corrected chi connectivity index (χ4v) is 3.07. The van der Waals surface area contributed by atoms with Gasteiger partial charge in [-0.25, -0.2) is 0 Å². The Kier molecular flexibility index (Phi) is 4.11. The van der Waals surface area contributed by atoms with Crippen LogP contribution in [0.4, 0.5) is 0 Å². The van der Waals surface area contributed by atoms with Gasteiger partial charge in [0.2, 0.25) is 0 Å². The van der Waals surface area contributed by atoms with Crippen molar-refractivity contribution in [3.63, 3.8) is 0 Å². The Bertz CT molecular complexity index is 515. The van der Waals surface area contributed by atoms with Gasteiger partial charge >= 0.3 is 0 Å². The van der Waals surface area contributed by atoms with E-state index in [-0.39, 0.29) is 12.4 Å². The summed E-state index contributed by atoms with van der Waals surface area (Å²) in [5.41, 5.74) is -0.643. The van der Waals surface area contributed by atoms with Crippen molar-refractivity contribution in [2.24, 2.45) is 5.92 Å². The van der Waals surface area contributed by atoms with Gasteiger partial charge in [0.25, 0.3) is 0 Å². The van der Waals surface area contributed by atoms with E-state index in [1.807, 2.05) is 0 Å². The molecular formula is C15H20O7. The predicted octanol–water partition coefficient (Wildman–Crippen LogP) is -1.25. The molecule has 1 saturated heterocycles. The standard InChI is InChI=1S/C15H20O7/c16-7-10-15(20)11(13(15)19)12(18)14(22-10)21-6-5-8-1-3-9(17)4-2-8/h1-4,10-14,16-20H,5-7H2/t10?,11?,12?,13?,14-,15?/m1/s1. The van der Waals surface area contributed by atoms with Crippen LogP contribution in [0.25, 0.3) is 0 Å². The Balaban J connectivity index is 1.55. The van der Waals surface area contributed by atoms with Crippen molar-refractivity contribution in [2.75, 3.05) is 13.2 Å². The number of benzene rings is 1. The van der Waals surface area contributed by atoms with Crippen LogP contribution < -0.4 is 0 Å². The van der Waals surface area contributed by atoms with Gasteiger partial charge in [-0.15, -0.1) is 0 Å². The summed E-state index contributed by atoms with van der Waals surface area (Å²) in [5, 5.41) is 48.4. The summed E-state index contributed by atoms with van der Waals surface area (Å²) >= 11 is 0. The lowest BCUT2D eigenvalue weighted by molar-refractivity contribution is -0.273. The highest BCUT2D eigenvalue weighted by atomic mass is 16.7. The monoisotopic (exact) mass is 312 g/mol. The molecule has 3 rings (SSSR count). The van der Waals surface area contributed by atoms with Crippen LogP contribution in [0.2, 0.25) is 0 Å². The third-order valence-corrected chi connectivity index (χ3v) is 4.47. The van der Waals surface area contributed by atoms with E-state index in [1.165, 1.54) is 0 Å². The first-order valence-electron chi connectivity index (χ1n) is 7.22. The number of aromatic hydroxyl groups is 1. The Morgan fingerprint density at radius 2 is 1.86 bits per heavy atom. The average Bonchev–Trinajstić information content (AvgIpc) is 3.07. The molecule has 22 heavy (non-hydrogen) atoms. The molecule has 0 bridgehead atoms. The molecule has 5 N–H and O–H groups in total. The maximum absolute atomic E-state index is 10.1. The molecule has 6 atom stereocenters. The number of rotatable bonds is 5. The molecule has 0 aromatic heterocycles. The second-order valence-corrected chi connectivity index (χ2v) is 5.81. The van der Waals surface area contributed by atoms with E-state index in [4.69, 9.17) is 9.47 Å². The Labute approximate surface area is 127 Å². The van der Waals surface area contributed by atoms with E-state index in [9.17, 15) is 25.5 Å². The minimum Gasteiger partial charge on any atom is -0.508 e. The fourth-order valence-electron chi connectivity index (χ4n) is 3.07. The minimum atomic E-state index is -1.59. The van der Waals surface area contributed by atoms with Gasteiger partial charge in [0.1, 0.15) is 23.6 Å². The molecule has 1 heterocycles. The third kappa shape index (κ3) is 2.50. The van der Waals surface area contributed by atoms with Crippen molar-refractivity contribution in [1.82, 2.24) is 0 Å². The third-order valence-electron chi connectivity index (χ3n) is 4.47. The summed E-state index contributed by atoms with van der Waals surface area (Å²) in [6.07, 6.45) is -3.70. The largest absolute Gasteiger partial charge is 0.508 e. The summed E-state index contributed by atoms with van der Waals surface area (Å²) in [4.78, 5) is 0. The van der Waals surface area contributed by atoms with Crippen LogP contribution in [0.1, 0.15) is 5.56 Å². The van der Waals surface area contributed by atoms with Gasteiger partial charge in [-0.1, -0.05) is 12.1 Å². The molecule has 2 fully saturated rings. The normalized spacial score (nSPS) is 40.3. The van der Waals surface area contributed by atoms with Gasteiger partial charge in [0, 0.05) is 0 Å². The highest BCUT2D eigenvalue weighted by Crippen LogP contribution is 2.53. The molecule has 1 aromatic rings. The number of phenolic OH excluding ortho intramolecular Hbond substituents is 1. The number of hydrogen-bond donors (Lipinski definition) is 5. The van der Waals surface area contributed by atoms with Crippen LogP contribution in [-0.4, -0.2) is 68.9 Å². The van der Waals surface area contributed by atoms with Crippen molar-refractivity contribution in [3.8, 4) is 5.75 Å². The van der Waals surface area contributed by atoms with Crippen LogP contribution in [0.15, 0.2) is 24.3 Å². The van der Waals surface area contributed by atoms with Gasteiger partial charge in [0.05, 0.1) is 25.2 Å². The van der Waals surface area contributed by atoms with Crippen LogP contribution >= 0.6 is 0 Å². The fraction of sp³-hybridized carbons (Fsp3) is 0.600. The van der Waals surface area contributed by atoms with Crippen molar-refractivity contribution in [3.05, 3.63) is 29.8 Å². The zero-order chi connectivity index (χ0) is 15.9. The lowest BCUT2D eigenvalue weighted by Crippen LogP contribution is -2.51. The molecule has 0 spiro atoms. The summed E-state index contributed by atoms with van der Waals surface area (Å²) in [7, 11) is 0. The SMILES string of the molecule is OCC1O[C@@H](OCCc2ccc(O)cc2)C(O)C2C(O)C12O. The van der Waals surface area contributed by atoms with E-state index in [0.29, 0.717) is 6.42 Å². The molecule has 7 heteroatoms. The average molecular weight is 312 g/mol. The number of ether oxygens (including phenoxy) is 2. The second kappa shape index (κ2) is 5.77. The maximum atomic E-state index is 10.1. The number of hydrogen-bond acceptors (Lipinski definition) is 7. The first-order valence-corrected chi connectivity index (χ1v) is 7.22. The van der Waals surface area contributed by atoms with Gasteiger partial charge in [-0.2, -0.15) is 0 Å². The van der Waals surface area contributed by atoms with Crippen LogP contribution in [0.3, 0.4) is 0 Å². The number of phenols is 1. The van der Waals surface area contributed by atoms with Crippen molar-refractivity contribution in [2.45, 2.75) is 36.6 Å². The predicted molar refractivity (Wildman–Crippen MR) is 74.0 cm³/mol. The molecule has 1 saturated carbocycles. The van der Waals surface area contributed by atoms with Crippen molar-refractivity contribution in [1.29, 1.82) is 0 Å². The number of aliphatic hydroxyl groups excluding tert-OH is 3. The zero-order valence-corrected chi connectivity index (χ0v) is 11.9. The first kappa shape index (κ1) is 15.7. The molecular weight excluding hydrogens is 292 g/mol. The topological polar surface area (TPSA) is 120 Å². The van der Waals surface area contributed by atoms with E-state index in [2.05, 4.69) is 0 Å². The first-order chi connectivity index (χ1) is 10.5. The van der Waals surface area contributed by atoms with Crippen LogP contribution in [0, 0.1) is 5.92 Å². The minimum absolute atomic E-state index is 0.184. The Morgan fingerprint density at radius 1 is 1.18 bits per heavy atom. The number of fused-ring (bicyclic) bond motifs is 1. The lowest BCUT2D eigenvalue weighted by atomic mass is 10.0. The summed E-state index contributed by atoms with van der Waals surface area (Å²) in [6, 6.07) is 6.67. The molecule has 1 aliphatic carbocycles. The smallest absolute Gasteiger partial charge is 0.184 e. The molecule has 5 unspecified atom stereocenters. The van der Waals surface area contributed by atoms with E-state index in [1.54, 1.807) is 24.3 Å². The second-order valence-electron chi connectivity index (χ2n) is 5.81. The number of aliphatic hydroxyl groups is 4. The zero-order valence-electron chi connectivity index (χ0n) is 11.9. The van der Waals surface area contributed by atoms with Crippen LogP contribution in [0.5, 0.6) is 5.75 Å². The lowest BCUT2D eigenvalue weighted by Gasteiger charge is -2.35. The Morgan fingerprint density at radius 3 is 2.50 bits per heavy atom. The molecule has 0 amide bonds. The van der Waals surface area contributed by atoms with Gasteiger partial charge in [-0.3, -0.25) is 0 Å². The highest BCUT2D eigenvalue weighted by molar-refractivity contribution is 5.26. The van der Waals surface area contributed by atoms with Crippen molar-refractivity contribution < 1.29 is 35.0 Å². The van der Waals surface area contributed by atoms with E-state index in [0.717, 1.165) is 5.56 Å².